The Labute approximate surface area is 138 Å². The molecule has 24 heavy (non-hydrogen) atoms. The van der Waals surface area contributed by atoms with E-state index in [-0.39, 0.29) is 5.82 Å². The van der Waals surface area contributed by atoms with Crippen molar-refractivity contribution in [1.82, 2.24) is 9.88 Å². The zero-order valence-corrected chi connectivity index (χ0v) is 13.4. The molecule has 0 radical (unpaired) electrons. The van der Waals surface area contributed by atoms with Crippen LogP contribution in [-0.2, 0) is 16.1 Å². The molecule has 1 heterocycles. The topological polar surface area (TPSA) is 93.6 Å². The maximum Gasteiger partial charge on any atom is 0.328 e. The first-order valence-electron chi connectivity index (χ1n) is 7.00. The molecule has 0 amide bonds. The third kappa shape index (κ3) is 6.89. The van der Waals surface area contributed by atoms with Crippen LogP contribution in [0, 0.1) is 5.82 Å². The second kappa shape index (κ2) is 9.26. The van der Waals surface area contributed by atoms with Gasteiger partial charge in [0, 0.05) is 36.2 Å². The van der Waals surface area contributed by atoms with Crippen molar-refractivity contribution in [2.75, 3.05) is 14.1 Å². The number of nitrogens with zero attached hydrogens (tertiary/aromatic N) is 1. The molecule has 0 aliphatic carbocycles. The van der Waals surface area contributed by atoms with Gasteiger partial charge < -0.3 is 20.1 Å². The molecular formula is C17H19FN2O4. The lowest BCUT2D eigenvalue weighted by atomic mass is 10.1. The second-order valence-corrected chi connectivity index (χ2v) is 5.15. The Morgan fingerprint density at radius 2 is 1.75 bits per heavy atom. The Morgan fingerprint density at radius 1 is 1.17 bits per heavy atom. The first-order valence-corrected chi connectivity index (χ1v) is 7.00. The zero-order valence-electron chi connectivity index (χ0n) is 13.4. The average Bonchev–Trinajstić information content (AvgIpc) is 2.93. The molecule has 0 aliphatic heterocycles. The van der Waals surface area contributed by atoms with Gasteiger partial charge in [0.1, 0.15) is 5.82 Å². The molecular weight excluding hydrogens is 315 g/mol. The van der Waals surface area contributed by atoms with E-state index in [0.717, 1.165) is 17.8 Å². The van der Waals surface area contributed by atoms with Crippen LogP contribution in [0.3, 0.4) is 0 Å². The van der Waals surface area contributed by atoms with Gasteiger partial charge in [-0.15, -0.1) is 0 Å². The predicted molar refractivity (Wildman–Crippen MR) is 88.0 cm³/mol. The maximum atomic E-state index is 13.5. The van der Waals surface area contributed by atoms with E-state index in [4.69, 9.17) is 10.2 Å². The van der Waals surface area contributed by atoms with Crippen molar-refractivity contribution < 1.29 is 24.2 Å². The van der Waals surface area contributed by atoms with Crippen LogP contribution >= 0.6 is 0 Å². The molecule has 2 rings (SSSR count). The number of carbonyl (C=O) groups is 2. The molecule has 0 unspecified atom stereocenters. The normalized spacial score (nSPS) is 10.5. The van der Waals surface area contributed by atoms with E-state index in [9.17, 15) is 14.0 Å². The maximum absolute atomic E-state index is 13.5. The summed E-state index contributed by atoms with van der Waals surface area (Å²) in [6.07, 6.45) is 3.03. The van der Waals surface area contributed by atoms with Crippen LogP contribution in [0.5, 0.6) is 0 Å². The van der Waals surface area contributed by atoms with Crippen molar-refractivity contribution in [3.8, 4) is 11.3 Å². The number of aliphatic carboxylic acids is 2. The van der Waals surface area contributed by atoms with Crippen molar-refractivity contribution in [2.24, 2.45) is 0 Å². The highest BCUT2D eigenvalue weighted by Crippen LogP contribution is 2.22. The van der Waals surface area contributed by atoms with Crippen LogP contribution in [0.4, 0.5) is 4.39 Å². The first kappa shape index (κ1) is 19.1. The fourth-order valence-corrected chi connectivity index (χ4v) is 1.87. The minimum atomic E-state index is -1.26. The van der Waals surface area contributed by atoms with Crippen molar-refractivity contribution in [1.29, 1.82) is 0 Å². The molecule has 128 valence electrons. The largest absolute Gasteiger partial charge is 0.478 e. The molecule has 1 aromatic heterocycles. The number of carboxylic acids is 2. The molecule has 2 aromatic rings. The van der Waals surface area contributed by atoms with Gasteiger partial charge in [-0.05, 0) is 37.9 Å². The van der Waals surface area contributed by atoms with E-state index < -0.39 is 11.9 Å². The van der Waals surface area contributed by atoms with E-state index in [2.05, 4.69) is 9.88 Å². The highest BCUT2D eigenvalue weighted by atomic mass is 19.1. The molecule has 0 aliphatic rings. The van der Waals surface area contributed by atoms with Crippen molar-refractivity contribution >= 4 is 11.9 Å². The molecule has 0 atom stereocenters. The molecule has 7 heteroatoms. The second-order valence-electron chi connectivity index (χ2n) is 5.15. The van der Waals surface area contributed by atoms with Crippen LogP contribution in [0.2, 0.25) is 0 Å². The molecule has 0 bridgehead atoms. The Morgan fingerprint density at radius 3 is 2.25 bits per heavy atom. The predicted octanol–water partition coefficient (Wildman–Crippen LogP) is 2.59. The Bertz CT molecular complexity index is 707. The van der Waals surface area contributed by atoms with Gasteiger partial charge in [-0.25, -0.2) is 14.0 Å². The Balaban J connectivity index is 0.000000307. The minimum absolute atomic E-state index is 0.194. The smallest absolute Gasteiger partial charge is 0.328 e. The summed E-state index contributed by atoms with van der Waals surface area (Å²) in [7, 11) is 4.02. The molecule has 0 spiro atoms. The van der Waals surface area contributed by atoms with E-state index in [1.165, 1.54) is 6.07 Å². The summed E-state index contributed by atoms with van der Waals surface area (Å²) < 4.78 is 13.5. The number of carboxylic acid groups (broad SMARTS) is 2. The van der Waals surface area contributed by atoms with Crippen molar-refractivity contribution in [3.63, 3.8) is 0 Å². The fraction of sp³-hybridized carbons (Fsp3) is 0.176. The number of H-pyrrole nitrogens is 1. The van der Waals surface area contributed by atoms with E-state index in [1.54, 1.807) is 12.1 Å². The molecule has 3 N–H and O–H groups in total. The van der Waals surface area contributed by atoms with Crippen LogP contribution < -0.4 is 0 Å². The van der Waals surface area contributed by atoms with Crippen LogP contribution in [0.15, 0.2) is 48.7 Å². The number of aromatic amines is 1. The van der Waals surface area contributed by atoms with Gasteiger partial charge >= 0.3 is 11.9 Å². The number of hydrogen-bond acceptors (Lipinski definition) is 3. The minimum Gasteiger partial charge on any atom is -0.478 e. The fourth-order valence-electron chi connectivity index (χ4n) is 1.87. The van der Waals surface area contributed by atoms with Crippen molar-refractivity contribution in [3.05, 3.63) is 60.1 Å². The summed E-state index contributed by atoms with van der Waals surface area (Å²) in [5, 5.41) is 15.6. The summed E-state index contributed by atoms with van der Waals surface area (Å²) in [5.74, 6) is -2.71. The lowest BCUT2D eigenvalue weighted by Gasteiger charge is -2.06. The molecule has 0 saturated carbocycles. The average molecular weight is 334 g/mol. The third-order valence-electron chi connectivity index (χ3n) is 2.77. The molecule has 0 saturated heterocycles. The number of rotatable bonds is 5. The summed E-state index contributed by atoms with van der Waals surface area (Å²) in [5.41, 5.74) is 2.60. The Kier molecular flexibility index (Phi) is 7.38. The van der Waals surface area contributed by atoms with E-state index in [1.807, 2.05) is 32.4 Å². The van der Waals surface area contributed by atoms with E-state index >= 15 is 0 Å². The van der Waals surface area contributed by atoms with Crippen LogP contribution in [0.1, 0.15) is 5.56 Å². The van der Waals surface area contributed by atoms with Gasteiger partial charge in [-0.1, -0.05) is 12.1 Å². The summed E-state index contributed by atoms with van der Waals surface area (Å²) >= 11 is 0. The number of benzene rings is 1. The van der Waals surface area contributed by atoms with Gasteiger partial charge in [0.15, 0.2) is 0 Å². The van der Waals surface area contributed by atoms with Crippen molar-refractivity contribution in [2.45, 2.75) is 6.54 Å². The third-order valence-corrected chi connectivity index (χ3v) is 2.77. The summed E-state index contributed by atoms with van der Waals surface area (Å²) in [6.45, 7) is 0.852. The number of nitrogens with one attached hydrogen (secondary N) is 1. The van der Waals surface area contributed by atoms with Crippen LogP contribution in [-0.4, -0.2) is 46.1 Å². The lowest BCUT2D eigenvalue weighted by Crippen LogP contribution is -2.09. The molecule has 0 fully saturated rings. The monoisotopic (exact) mass is 334 g/mol. The van der Waals surface area contributed by atoms with Gasteiger partial charge in [0.25, 0.3) is 0 Å². The first-order chi connectivity index (χ1) is 11.3. The summed E-state index contributed by atoms with van der Waals surface area (Å²) in [4.78, 5) is 24.3. The number of halogens is 1. The Hall–Kier alpha value is -2.93. The quantitative estimate of drug-likeness (QED) is 0.731. The van der Waals surface area contributed by atoms with Gasteiger partial charge in [0.2, 0.25) is 0 Å². The highest BCUT2D eigenvalue weighted by molar-refractivity contribution is 5.89. The number of hydrogen-bond donors (Lipinski definition) is 3. The standard InChI is InChI=1S/C13H15FN2.C4H4O4/c1-16(2)9-10-7-13(15-8-10)11-5-3-4-6-12(11)14;5-3(6)1-2-4(7)8/h3-8,15H,9H2,1-2H3;1-2H,(H,5,6)(H,7,8)/b;2-1+. The summed E-state index contributed by atoms with van der Waals surface area (Å²) in [6, 6.07) is 8.77. The van der Waals surface area contributed by atoms with E-state index in [0.29, 0.717) is 17.7 Å². The SMILES string of the molecule is CN(C)Cc1c[nH]c(-c2ccccc2F)c1.O=C(O)/C=C/C(=O)O. The zero-order chi connectivity index (χ0) is 18.1. The number of aromatic nitrogens is 1. The molecule has 1 aromatic carbocycles. The van der Waals surface area contributed by atoms with Gasteiger partial charge in [0.05, 0.1) is 0 Å². The lowest BCUT2D eigenvalue weighted by molar-refractivity contribution is -0.134. The van der Waals surface area contributed by atoms with Gasteiger partial charge in [-0.3, -0.25) is 0 Å². The van der Waals surface area contributed by atoms with Crippen LogP contribution in [0.25, 0.3) is 11.3 Å². The van der Waals surface area contributed by atoms with Gasteiger partial charge in [-0.2, -0.15) is 0 Å². The highest BCUT2D eigenvalue weighted by Gasteiger charge is 2.06. The molecule has 6 nitrogen and oxygen atoms in total.